The fraction of sp³-hybridized carbons (Fsp3) is 0.231. The summed E-state index contributed by atoms with van der Waals surface area (Å²) in [4.78, 5) is 24.7. The molecule has 1 aromatic heterocycles. The molecule has 1 N–H and O–H groups in total. The third kappa shape index (κ3) is 5.66. The van der Waals surface area contributed by atoms with Crippen LogP contribution >= 0.6 is 0 Å². The first kappa shape index (κ1) is 22.9. The van der Waals surface area contributed by atoms with Crippen LogP contribution in [0.25, 0.3) is 11.0 Å². The molecule has 0 unspecified atom stereocenters. The molecule has 1 heterocycles. The number of fused-ring (bicyclic) bond motifs is 1. The standard InChI is InChI=1S/C26H26O6/c1-17(2)9-7-10-18(3)15-16-30-21-14-8-13-20-23(21)31-26(29)22(27)24(20)32-25(28)19-11-5-4-6-12-19/h4-6,8-9,11-15,27H,7,10,16H2,1-3H3/b18-15+. The molecule has 0 aliphatic rings. The van der Waals surface area contributed by atoms with Crippen LogP contribution in [0.4, 0.5) is 0 Å². The Hall–Kier alpha value is -3.80. The molecule has 0 saturated heterocycles. The third-order valence-corrected chi connectivity index (χ3v) is 4.79. The number of para-hydroxylation sites is 1. The van der Waals surface area contributed by atoms with Crippen molar-refractivity contribution in [2.75, 3.05) is 6.61 Å². The molecule has 0 aliphatic carbocycles. The summed E-state index contributed by atoms with van der Waals surface area (Å²) in [6, 6.07) is 13.2. The Kier molecular flexibility index (Phi) is 7.49. The smallest absolute Gasteiger partial charge is 0.382 e. The molecule has 6 heteroatoms. The van der Waals surface area contributed by atoms with Crippen molar-refractivity contribution in [1.82, 2.24) is 0 Å². The van der Waals surface area contributed by atoms with Crippen molar-refractivity contribution < 1.29 is 23.8 Å². The molecule has 0 bridgehead atoms. The van der Waals surface area contributed by atoms with Crippen LogP contribution in [0.5, 0.6) is 17.2 Å². The van der Waals surface area contributed by atoms with Gasteiger partial charge in [0, 0.05) is 0 Å². The minimum Gasteiger partial charge on any atom is -0.499 e. The minimum atomic E-state index is -1.02. The van der Waals surface area contributed by atoms with Crippen molar-refractivity contribution >= 4 is 16.9 Å². The van der Waals surface area contributed by atoms with E-state index in [0.717, 1.165) is 12.8 Å². The van der Waals surface area contributed by atoms with E-state index in [2.05, 4.69) is 19.9 Å². The van der Waals surface area contributed by atoms with E-state index in [-0.39, 0.29) is 28.9 Å². The molecule has 0 amide bonds. The van der Waals surface area contributed by atoms with Gasteiger partial charge in [-0.3, -0.25) is 0 Å². The topological polar surface area (TPSA) is 86.0 Å². The summed E-state index contributed by atoms with van der Waals surface area (Å²) in [6.45, 7) is 6.45. The van der Waals surface area contributed by atoms with E-state index in [1.807, 2.05) is 13.0 Å². The highest BCUT2D eigenvalue weighted by Gasteiger charge is 2.21. The SMILES string of the molecule is CC(C)=CCC/C(C)=C/COc1cccc2c(OC(=O)c3ccccc3)c(O)c(=O)oc12. The summed E-state index contributed by atoms with van der Waals surface area (Å²) in [5.41, 5.74) is 1.83. The van der Waals surface area contributed by atoms with Crippen LogP contribution in [0.2, 0.25) is 0 Å². The number of benzene rings is 2. The van der Waals surface area contributed by atoms with Crippen molar-refractivity contribution in [3.63, 3.8) is 0 Å². The normalized spacial score (nSPS) is 11.3. The van der Waals surface area contributed by atoms with Gasteiger partial charge in [-0.1, -0.05) is 41.5 Å². The van der Waals surface area contributed by atoms with E-state index in [9.17, 15) is 14.7 Å². The molecule has 0 radical (unpaired) electrons. The Labute approximate surface area is 186 Å². The average molecular weight is 434 g/mol. The summed E-state index contributed by atoms with van der Waals surface area (Å²) in [6.07, 6.45) is 6.03. The molecule has 0 saturated carbocycles. The molecular weight excluding hydrogens is 408 g/mol. The number of carbonyl (C=O) groups is 1. The Morgan fingerprint density at radius 1 is 1.03 bits per heavy atom. The second-order valence-corrected chi connectivity index (χ2v) is 7.64. The average Bonchev–Trinajstić information content (AvgIpc) is 2.77. The molecule has 0 spiro atoms. The van der Waals surface area contributed by atoms with Crippen molar-refractivity contribution in [3.8, 4) is 17.2 Å². The van der Waals surface area contributed by atoms with Crippen LogP contribution in [0.1, 0.15) is 44.0 Å². The summed E-state index contributed by atoms with van der Waals surface area (Å²) in [7, 11) is 0. The van der Waals surface area contributed by atoms with Crippen LogP contribution in [0, 0.1) is 0 Å². The molecule has 0 fully saturated rings. The predicted molar refractivity (Wildman–Crippen MR) is 123 cm³/mol. The second kappa shape index (κ2) is 10.5. The van der Waals surface area contributed by atoms with Crippen molar-refractivity contribution in [2.24, 2.45) is 0 Å². The lowest BCUT2D eigenvalue weighted by atomic mass is 10.1. The quantitative estimate of drug-likeness (QED) is 0.274. The van der Waals surface area contributed by atoms with Gasteiger partial charge in [-0.25, -0.2) is 9.59 Å². The molecule has 3 rings (SSSR count). The second-order valence-electron chi connectivity index (χ2n) is 7.64. The molecular formula is C26H26O6. The van der Waals surface area contributed by atoms with E-state index >= 15 is 0 Å². The molecule has 0 aliphatic heterocycles. The fourth-order valence-corrected chi connectivity index (χ4v) is 3.07. The van der Waals surface area contributed by atoms with Gasteiger partial charge in [0.15, 0.2) is 17.1 Å². The maximum atomic E-state index is 12.5. The fourth-order valence-electron chi connectivity index (χ4n) is 3.07. The van der Waals surface area contributed by atoms with Crippen LogP contribution in [-0.4, -0.2) is 17.7 Å². The van der Waals surface area contributed by atoms with Crippen molar-refractivity contribution in [1.29, 1.82) is 0 Å². The number of allylic oxidation sites excluding steroid dienone is 3. The van der Waals surface area contributed by atoms with Gasteiger partial charge >= 0.3 is 11.6 Å². The predicted octanol–water partition coefficient (Wildman–Crippen LogP) is 5.79. The zero-order valence-electron chi connectivity index (χ0n) is 18.4. The number of carbonyl (C=O) groups excluding carboxylic acids is 1. The maximum Gasteiger partial charge on any atom is 0.382 e. The van der Waals surface area contributed by atoms with Gasteiger partial charge in [-0.2, -0.15) is 0 Å². The summed E-state index contributed by atoms with van der Waals surface area (Å²) in [5.74, 6) is -1.42. The Morgan fingerprint density at radius 2 is 1.78 bits per heavy atom. The number of esters is 1. The molecule has 166 valence electrons. The van der Waals surface area contributed by atoms with E-state index < -0.39 is 17.3 Å². The zero-order chi connectivity index (χ0) is 23.1. The van der Waals surface area contributed by atoms with Gasteiger partial charge in [-0.05, 0) is 64.0 Å². The lowest BCUT2D eigenvalue weighted by Gasteiger charge is -2.11. The van der Waals surface area contributed by atoms with Gasteiger partial charge in [-0.15, -0.1) is 0 Å². The number of aromatic hydroxyl groups is 1. The zero-order valence-corrected chi connectivity index (χ0v) is 18.4. The first-order valence-electron chi connectivity index (χ1n) is 10.3. The van der Waals surface area contributed by atoms with E-state index in [1.54, 1.807) is 48.5 Å². The minimum absolute atomic E-state index is 0.0988. The number of hydrogen-bond acceptors (Lipinski definition) is 6. The van der Waals surface area contributed by atoms with Gasteiger partial charge < -0.3 is 19.0 Å². The first-order chi connectivity index (χ1) is 15.4. The van der Waals surface area contributed by atoms with E-state index in [4.69, 9.17) is 13.9 Å². The molecule has 6 nitrogen and oxygen atoms in total. The largest absolute Gasteiger partial charge is 0.499 e. The Bertz CT molecular complexity index is 1210. The highest BCUT2D eigenvalue weighted by Crippen LogP contribution is 2.36. The lowest BCUT2D eigenvalue weighted by Crippen LogP contribution is -2.11. The van der Waals surface area contributed by atoms with E-state index in [0.29, 0.717) is 5.75 Å². The Morgan fingerprint density at radius 3 is 2.50 bits per heavy atom. The summed E-state index contributed by atoms with van der Waals surface area (Å²) < 4.78 is 16.4. The van der Waals surface area contributed by atoms with Gasteiger partial charge in [0.1, 0.15) is 6.61 Å². The van der Waals surface area contributed by atoms with Crippen molar-refractivity contribution in [2.45, 2.75) is 33.6 Å². The van der Waals surface area contributed by atoms with Crippen LogP contribution in [0.3, 0.4) is 0 Å². The molecule has 2 aromatic carbocycles. The first-order valence-corrected chi connectivity index (χ1v) is 10.3. The monoisotopic (exact) mass is 434 g/mol. The highest BCUT2D eigenvalue weighted by atomic mass is 16.5. The van der Waals surface area contributed by atoms with Gasteiger partial charge in [0.2, 0.25) is 5.75 Å². The summed E-state index contributed by atoms with van der Waals surface area (Å²) >= 11 is 0. The number of rotatable bonds is 8. The number of ether oxygens (including phenoxy) is 2. The maximum absolute atomic E-state index is 12.5. The lowest BCUT2D eigenvalue weighted by molar-refractivity contribution is 0.0731. The van der Waals surface area contributed by atoms with Crippen LogP contribution < -0.4 is 15.1 Å². The van der Waals surface area contributed by atoms with Gasteiger partial charge in [0.25, 0.3) is 0 Å². The third-order valence-electron chi connectivity index (χ3n) is 4.79. The molecule has 32 heavy (non-hydrogen) atoms. The van der Waals surface area contributed by atoms with E-state index in [1.165, 1.54) is 11.1 Å². The highest BCUT2D eigenvalue weighted by molar-refractivity contribution is 5.96. The summed E-state index contributed by atoms with van der Waals surface area (Å²) in [5, 5.41) is 10.5. The molecule has 3 aromatic rings. The van der Waals surface area contributed by atoms with Crippen LogP contribution in [0.15, 0.2) is 81.0 Å². The van der Waals surface area contributed by atoms with Crippen LogP contribution in [-0.2, 0) is 0 Å². The number of hydrogen-bond donors (Lipinski definition) is 1. The van der Waals surface area contributed by atoms with Crippen molar-refractivity contribution in [3.05, 3.63) is 87.8 Å². The Balaban J connectivity index is 1.85. The molecule has 0 atom stereocenters. The van der Waals surface area contributed by atoms with Gasteiger partial charge in [0.05, 0.1) is 10.9 Å².